The van der Waals surface area contributed by atoms with Gasteiger partial charge in [-0.15, -0.1) is 0 Å². The zero-order valence-corrected chi connectivity index (χ0v) is 9.38. The summed E-state index contributed by atoms with van der Waals surface area (Å²) in [7, 11) is 0. The van der Waals surface area contributed by atoms with E-state index in [4.69, 9.17) is 10.5 Å². The number of benzene rings is 1. The Morgan fingerprint density at radius 3 is 3.00 bits per heavy atom. The van der Waals surface area contributed by atoms with E-state index >= 15 is 0 Å². The zero-order chi connectivity index (χ0) is 12.3. The molecular weight excluding hydrogens is 218 g/mol. The first-order valence-corrected chi connectivity index (χ1v) is 5.23. The lowest BCUT2D eigenvalue weighted by atomic mass is 10.2. The average Bonchev–Trinajstić information content (AvgIpc) is 2.50. The van der Waals surface area contributed by atoms with Gasteiger partial charge < -0.3 is 15.8 Å². The van der Waals surface area contributed by atoms with Gasteiger partial charge in [-0.3, -0.25) is 4.99 Å². The molecule has 88 valence electrons. The summed E-state index contributed by atoms with van der Waals surface area (Å²) < 4.78 is 5.06. The second-order valence-electron chi connectivity index (χ2n) is 3.69. The molecule has 1 aromatic rings. The summed E-state index contributed by atoms with van der Waals surface area (Å²) >= 11 is 0. The van der Waals surface area contributed by atoms with E-state index in [1.54, 1.807) is 13.1 Å². The van der Waals surface area contributed by atoms with Crippen molar-refractivity contribution in [3.05, 3.63) is 41.9 Å². The van der Waals surface area contributed by atoms with Gasteiger partial charge in [0.2, 0.25) is 5.88 Å². The van der Waals surface area contributed by atoms with Gasteiger partial charge in [0, 0.05) is 17.5 Å². The van der Waals surface area contributed by atoms with Gasteiger partial charge in [0.1, 0.15) is 6.04 Å². The first-order chi connectivity index (χ1) is 8.16. The minimum absolute atomic E-state index is 0.272. The molecule has 5 nitrogen and oxygen atoms in total. The molecule has 1 heterocycles. The molecule has 1 aromatic carbocycles. The molecule has 5 heteroatoms. The van der Waals surface area contributed by atoms with Crippen LogP contribution in [0.2, 0.25) is 0 Å². The Morgan fingerprint density at radius 2 is 2.24 bits per heavy atom. The molecule has 0 saturated heterocycles. The number of nitrogens with two attached hydrogens (primary N) is 1. The van der Waals surface area contributed by atoms with Crippen molar-refractivity contribution in [2.24, 2.45) is 10.7 Å². The quantitative estimate of drug-likeness (QED) is 0.750. The molecule has 0 aliphatic carbocycles. The summed E-state index contributed by atoms with van der Waals surface area (Å²) in [5.41, 5.74) is 7.18. The van der Waals surface area contributed by atoms with Crippen LogP contribution in [0.15, 0.2) is 41.3 Å². The molecule has 1 atom stereocenters. The Bertz CT molecular complexity index is 492. The molecule has 1 aliphatic heterocycles. The number of para-hydroxylation sites is 1. The Kier molecular flexibility index (Phi) is 3.20. The third-order valence-corrected chi connectivity index (χ3v) is 2.21. The van der Waals surface area contributed by atoms with Crippen LogP contribution >= 0.6 is 0 Å². The van der Waals surface area contributed by atoms with E-state index in [2.05, 4.69) is 10.3 Å². The molecule has 0 aromatic heterocycles. The molecule has 0 spiro atoms. The molecule has 1 aliphatic rings. The number of rotatable bonds is 2. The Balaban J connectivity index is 2.16. The van der Waals surface area contributed by atoms with Crippen molar-refractivity contribution in [3.8, 4) is 0 Å². The fraction of sp³-hybridized carbons (Fsp3) is 0.167. The smallest absolute Gasteiger partial charge is 0.329 e. The summed E-state index contributed by atoms with van der Waals surface area (Å²) in [6.45, 7) is 1.57. The summed E-state index contributed by atoms with van der Waals surface area (Å²) in [5.74, 6) is -0.230. The van der Waals surface area contributed by atoms with Gasteiger partial charge in [-0.1, -0.05) is 18.2 Å². The van der Waals surface area contributed by atoms with Gasteiger partial charge in [-0.05, 0) is 13.0 Å². The second kappa shape index (κ2) is 4.80. The highest BCUT2D eigenvalue weighted by atomic mass is 16.5. The predicted molar refractivity (Wildman–Crippen MR) is 65.5 cm³/mol. The van der Waals surface area contributed by atoms with E-state index in [1.165, 1.54) is 6.20 Å². The minimum atomic E-state index is -0.667. The molecular formula is C12H13N3O2. The SMILES string of the molecule is C[C@H](N)C(=O)OC1=CN=Cc2ccccc2N1. The lowest BCUT2D eigenvalue weighted by molar-refractivity contribution is -0.140. The van der Waals surface area contributed by atoms with Crippen LogP contribution in [0.3, 0.4) is 0 Å². The summed E-state index contributed by atoms with van der Waals surface area (Å²) in [6.07, 6.45) is 3.13. The molecule has 0 bridgehead atoms. The standard InChI is InChI=1S/C12H13N3O2/c1-8(13)12(16)17-11-7-14-6-9-4-2-3-5-10(9)15-11/h2-8,15H,13H2,1H3/t8-/m0/s1. The number of ether oxygens (including phenoxy) is 1. The summed E-state index contributed by atoms with van der Waals surface area (Å²) in [4.78, 5) is 15.4. The van der Waals surface area contributed by atoms with Crippen molar-refractivity contribution in [2.75, 3.05) is 5.32 Å². The maximum atomic E-state index is 11.4. The molecule has 0 unspecified atom stereocenters. The van der Waals surface area contributed by atoms with Crippen LogP contribution in [0.25, 0.3) is 0 Å². The number of aliphatic imine (C=N–C) groups is 1. The number of fused-ring (bicyclic) bond motifs is 1. The molecule has 0 amide bonds. The van der Waals surface area contributed by atoms with Gasteiger partial charge in [0.05, 0.1) is 6.20 Å². The Morgan fingerprint density at radius 1 is 1.47 bits per heavy atom. The monoisotopic (exact) mass is 231 g/mol. The van der Waals surface area contributed by atoms with Crippen LogP contribution in [-0.4, -0.2) is 18.2 Å². The highest BCUT2D eigenvalue weighted by molar-refractivity contribution is 5.89. The number of anilines is 1. The lowest BCUT2D eigenvalue weighted by Crippen LogP contribution is -2.29. The van der Waals surface area contributed by atoms with Crippen molar-refractivity contribution >= 4 is 17.9 Å². The van der Waals surface area contributed by atoms with Gasteiger partial charge in [0.25, 0.3) is 0 Å². The number of hydrogen-bond donors (Lipinski definition) is 2. The van der Waals surface area contributed by atoms with E-state index in [9.17, 15) is 4.79 Å². The van der Waals surface area contributed by atoms with Crippen molar-refractivity contribution in [2.45, 2.75) is 13.0 Å². The highest BCUT2D eigenvalue weighted by Crippen LogP contribution is 2.18. The molecule has 0 fully saturated rings. The third-order valence-electron chi connectivity index (χ3n) is 2.21. The van der Waals surface area contributed by atoms with Crippen molar-refractivity contribution in [1.29, 1.82) is 0 Å². The minimum Gasteiger partial charge on any atom is -0.407 e. The van der Waals surface area contributed by atoms with Crippen LogP contribution in [0.4, 0.5) is 5.69 Å². The van der Waals surface area contributed by atoms with Crippen molar-refractivity contribution in [3.63, 3.8) is 0 Å². The first kappa shape index (κ1) is 11.3. The predicted octanol–water partition coefficient (Wildman–Crippen LogP) is 1.22. The summed E-state index contributed by atoms with van der Waals surface area (Å²) in [5, 5.41) is 2.98. The number of nitrogens with one attached hydrogen (secondary N) is 1. The van der Waals surface area contributed by atoms with Gasteiger partial charge >= 0.3 is 5.97 Å². The topological polar surface area (TPSA) is 76.7 Å². The normalized spacial score (nSPS) is 15.1. The second-order valence-corrected chi connectivity index (χ2v) is 3.69. The van der Waals surface area contributed by atoms with Gasteiger partial charge in [0.15, 0.2) is 0 Å². The molecule has 2 rings (SSSR count). The Labute approximate surface area is 99.0 Å². The van der Waals surface area contributed by atoms with Crippen LogP contribution in [-0.2, 0) is 9.53 Å². The summed E-state index contributed by atoms with van der Waals surface area (Å²) in [6, 6.07) is 6.91. The van der Waals surface area contributed by atoms with Crippen LogP contribution in [0, 0.1) is 0 Å². The number of nitrogens with zero attached hydrogens (tertiary/aromatic N) is 1. The zero-order valence-electron chi connectivity index (χ0n) is 9.38. The fourth-order valence-corrected chi connectivity index (χ4v) is 1.33. The molecule has 3 N–H and O–H groups in total. The van der Waals surface area contributed by atoms with Gasteiger partial charge in [-0.2, -0.15) is 0 Å². The first-order valence-electron chi connectivity index (χ1n) is 5.23. The molecule has 0 radical (unpaired) electrons. The largest absolute Gasteiger partial charge is 0.407 e. The molecule has 17 heavy (non-hydrogen) atoms. The van der Waals surface area contributed by atoms with E-state index in [1.807, 2.05) is 24.3 Å². The Hall–Kier alpha value is -2.14. The van der Waals surface area contributed by atoms with E-state index in [-0.39, 0.29) is 5.88 Å². The maximum absolute atomic E-state index is 11.4. The third kappa shape index (κ3) is 2.70. The number of carbonyl (C=O) groups excluding carboxylic acids is 1. The van der Waals surface area contributed by atoms with Crippen LogP contribution < -0.4 is 11.1 Å². The van der Waals surface area contributed by atoms with E-state index in [0.717, 1.165) is 11.3 Å². The number of hydrogen-bond acceptors (Lipinski definition) is 5. The molecule has 0 saturated carbocycles. The van der Waals surface area contributed by atoms with E-state index in [0.29, 0.717) is 0 Å². The lowest BCUT2D eigenvalue weighted by Gasteiger charge is -2.11. The van der Waals surface area contributed by atoms with Crippen LogP contribution in [0.1, 0.15) is 12.5 Å². The van der Waals surface area contributed by atoms with Crippen LogP contribution in [0.5, 0.6) is 0 Å². The van der Waals surface area contributed by atoms with Gasteiger partial charge in [-0.25, -0.2) is 4.79 Å². The average molecular weight is 231 g/mol. The van der Waals surface area contributed by atoms with Crippen molar-refractivity contribution < 1.29 is 9.53 Å². The number of esters is 1. The van der Waals surface area contributed by atoms with Crippen molar-refractivity contribution in [1.82, 2.24) is 0 Å². The maximum Gasteiger partial charge on any atom is 0.329 e. The highest BCUT2D eigenvalue weighted by Gasteiger charge is 2.14. The number of carbonyl (C=O) groups is 1. The van der Waals surface area contributed by atoms with E-state index < -0.39 is 12.0 Å². The fourth-order valence-electron chi connectivity index (χ4n) is 1.33.